The Bertz CT molecular complexity index is 1200. The zero-order valence-electron chi connectivity index (χ0n) is 17.6. The zero-order chi connectivity index (χ0) is 24.3. The van der Waals surface area contributed by atoms with Crippen molar-refractivity contribution in [2.45, 2.75) is 31.6 Å². The third kappa shape index (κ3) is 5.42. The molecule has 2 aromatic heterocycles. The molecule has 1 amide bonds. The lowest BCUT2D eigenvalue weighted by Gasteiger charge is -2.13. The minimum Gasteiger partial charge on any atom is -0.478 e. The van der Waals surface area contributed by atoms with Gasteiger partial charge in [0.25, 0.3) is 0 Å². The minimum absolute atomic E-state index is 0.0256. The summed E-state index contributed by atoms with van der Waals surface area (Å²) < 4.78 is 47.6. The van der Waals surface area contributed by atoms with Crippen molar-refractivity contribution in [3.63, 3.8) is 0 Å². The maximum atomic E-state index is 13.8. The van der Waals surface area contributed by atoms with Gasteiger partial charge in [0.05, 0.1) is 5.69 Å². The summed E-state index contributed by atoms with van der Waals surface area (Å²) in [6.45, 7) is 2.87. The number of carboxylic acids is 1. The maximum Gasteiger partial charge on any atom is 0.434 e. The number of aryl methyl sites for hydroxylation is 1. The first-order chi connectivity index (χ1) is 15.5. The number of hydrogen-bond acceptors (Lipinski definition) is 7. The van der Waals surface area contributed by atoms with Crippen LogP contribution in [0.25, 0.3) is 5.82 Å². The predicted octanol–water partition coefficient (Wildman–Crippen LogP) is 4.41. The van der Waals surface area contributed by atoms with E-state index in [1.54, 1.807) is 30.5 Å². The molecule has 0 aliphatic heterocycles. The van der Waals surface area contributed by atoms with Crippen LogP contribution in [0.2, 0.25) is 0 Å². The van der Waals surface area contributed by atoms with Gasteiger partial charge in [-0.1, -0.05) is 18.7 Å². The summed E-state index contributed by atoms with van der Waals surface area (Å²) in [6.07, 6.45) is -3.40. The molecular formula is C20H18F3N5O4S. The number of rotatable bonds is 7. The summed E-state index contributed by atoms with van der Waals surface area (Å²) in [7, 11) is 0. The fraction of sp³-hybridized carbons (Fsp3) is 0.250. The van der Waals surface area contributed by atoms with Gasteiger partial charge in [0.15, 0.2) is 16.7 Å². The monoisotopic (exact) mass is 481 g/mol. The number of carbonyl (C=O) groups is 2. The molecule has 0 aliphatic carbocycles. The summed E-state index contributed by atoms with van der Waals surface area (Å²) in [5, 5.41) is 15.9. The van der Waals surface area contributed by atoms with Crippen LogP contribution in [0.1, 0.15) is 35.6 Å². The van der Waals surface area contributed by atoms with Gasteiger partial charge in [-0.15, -0.1) is 0 Å². The summed E-state index contributed by atoms with van der Waals surface area (Å²) in [5.41, 5.74) is -2.06. The van der Waals surface area contributed by atoms with Crippen molar-refractivity contribution >= 4 is 29.3 Å². The highest BCUT2D eigenvalue weighted by molar-refractivity contribution is 7.98. The second kappa shape index (κ2) is 9.48. The Kier molecular flexibility index (Phi) is 6.91. The van der Waals surface area contributed by atoms with Gasteiger partial charge in [0.1, 0.15) is 11.3 Å². The largest absolute Gasteiger partial charge is 0.478 e. The van der Waals surface area contributed by atoms with Crippen LogP contribution < -0.4 is 10.1 Å². The molecule has 0 aliphatic rings. The number of nitrogens with one attached hydrogen (secondary N) is 1. The third-order valence-corrected chi connectivity index (χ3v) is 4.79. The van der Waals surface area contributed by atoms with Crippen molar-refractivity contribution in [1.82, 2.24) is 19.7 Å². The van der Waals surface area contributed by atoms with E-state index in [1.807, 2.05) is 0 Å². The van der Waals surface area contributed by atoms with Crippen molar-refractivity contribution in [1.29, 1.82) is 0 Å². The first-order valence-electron chi connectivity index (χ1n) is 9.44. The average molecular weight is 481 g/mol. The lowest BCUT2D eigenvalue weighted by atomic mass is 10.1. The van der Waals surface area contributed by atoms with Crippen molar-refractivity contribution < 1.29 is 32.6 Å². The van der Waals surface area contributed by atoms with Crippen molar-refractivity contribution in [2.24, 2.45) is 0 Å². The number of halogens is 3. The molecule has 2 N–H and O–H groups in total. The van der Waals surface area contributed by atoms with Crippen molar-refractivity contribution in [3.05, 3.63) is 47.3 Å². The standard InChI is InChI=1S/C20H18F3N5O4S/c1-4-13-16(18(30)31)17(20(21,22)23)28(27-13)14-9-15(26-19(25-14)33-3)32-12-7-5-11(6-8-12)24-10(2)29/h5-9H,4H2,1-3H3,(H,24,29)(H,30,31). The zero-order valence-corrected chi connectivity index (χ0v) is 18.4. The number of aromatic nitrogens is 4. The van der Waals surface area contributed by atoms with Crippen LogP contribution >= 0.6 is 11.8 Å². The van der Waals surface area contributed by atoms with Crippen molar-refractivity contribution in [3.8, 4) is 17.4 Å². The lowest BCUT2D eigenvalue weighted by Crippen LogP contribution is -2.18. The molecule has 0 unspecified atom stereocenters. The molecule has 0 spiro atoms. The van der Waals surface area contributed by atoms with E-state index in [1.165, 1.54) is 13.8 Å². The van der Waals surface area contributed by atoms with E-state index in [2.05, 4.69) is 20.4 Å². The molecule has 13 heteroatoms. The molecular weight excluding hydrogens is 463 g/mol. The second-order valence-corrected chi connectivity index (χ2v) is 7.37. The smallest absolute Gasteiger partial charge is 0.434 e. The number of carboxylic acid groups (broad SMARTS) is 1. The third-order valence-electron chi connectivity index (χ3n) is 4.24. The molecule has 2 heterocycles. The number of aromatic carboxylic acids is 1. The van der Waals surface area contributed by atoms with Gasteiger partial charge in [-0.25, -0.2) is 14.5 Å². The number of hydrogen-bond donors (Lipinski definition) is 2. The number of ether oxygens (including phenoxy) is 1. The molecule has 0 fully saturated rings. The van der Waals surface area contributed by atoms with E-state index in [-0.39, 0.29) is 34.9 Å². The minimum atomic E-state index is -5.00. The molecule has 0 atom stereocenters. The topological polar surface area (TPSA) is 119 Å². The Morgan fingerprint density at radius 1 is 1.21 bits per heavy atom. The number of thioether (sulfide) groups is 1. The fourth-order valence-corrected chi connectivity index (χ4v) is 3.30. The number of nitrogens with zero attached hydrogens (tertiary/aromatic N) is 4. The number of amides is 1. The van der Waals surface area contributed by atoms with Crippen molar-refractivity contribution in [2.75, 3.05) is 11.6 Å². The summed E-state index contributed by atoms with van der Waals surface area (Å²) in [4.78, 5) is 30.9. The highest BCUT2D eigenvalue weighted by atomic mass is 32.2. The first-order valence-corrected chi connectivity index (χ1v) is 10.7. The van der Waals surface area contributed by atoms with Crippen LogP contribution in [0.4, 0.5) is 18.9 Å². The molecule has 1 aromatic carbocycles. The highest BCUT2D eigenvalue weighted by Crippen LogP contribution is 2.36. The number of anilines is 1. The molecule has 0 saturated heterocycles. The number of alkyl halides is 3. The van der Waals surface area contributed by atoms with Crippen LogP contribution in [-0.2, 0) is 17.4 Å². The SMILES string of the molecule is CCc1nn(-c2cc(Oc3ccc(NC(C)=O)cc3)nc(SC)n2)c(C(F)(F)F)c1C(=O)O. The van der Waals surface area contributed by atoms with Gasteiger partial charge < -0.3 is 15.2 Å². The molecule has 33 heavy (non-hydrogen) atoms. The molecule has 3 rings (SSSR count). The Morgan fingerprint density at radius 3 is 2.39 bits per heavy atom. The van der Waals surface area contributed by atoms with Gasteiger partial charge in [-0.05, 0) is 36.9 Å². The van der Waals surface area contributed by atoms with Gasteiger partial charge in [0, 0.05) is 18.7 Å². The molecule has 0 saturated carbocycles. The van der Waals surface area contributed by atoms with E-state index in [4.69, 9.17) is 4.74 Å². The van der Waals surface area contributed by atoms with Crippen LogP contribution in [0.5, 0.6) is 11.6 Å². The lowest BCUT2D eigenvalue weighted by molar-refractivity contribution is -0.143. The van der Waals surface area contributed by atoms with E-state index >= 15 is 0 Å². The van der Waals surface area contributed by atoms with E-state index in [0.717, 1.165) is 17.8 Å². The average Bonchev–Trinajstić information content (AvgIpc) is 3.15. The van der Waals surface area contributed by atoms with Crippen LogP contribution in [0.3, 0.4) is 0 Å². The van der Waals surface area contributed by atoms with Crippen LogP contribution in [0.15, 0.2) is 35.5 Å². The molecule has 3 aromatic rings. The van der Waals surface area contributed by atoms with Crippen LogP contribution in [0, 0.1) is 0 Å². The molecule has 0 radical (unpaired) electrons. The quantitative estimate of drug-likeness (QED) is 0.376. The molecule has 174 valence electrons. The van der Waals surface area contributed by atoms with Gasteiger partial charge in [-0.2, -0.15) is 23.3 Å². The molecule has 0 bridgehead atoms. The van der Waals surface area contributed by atoms with E-state index in [9.17, 15) is 27.9 Å². The maximum absolute atomic E-state index is 13.8. The normalized spacial score (nSPS) is 11.3. The Morgan fingerprint density at radius 2 is 1.88 bits per heavy atom. The Balaban J connectivity index is 2.08. The Hall–Kier alpha value is -3.61. The van der Waals surface area contributed by atoms with Crippen LogP contribution in [-0.4, -0.2) is 43.0 Å². The summed E-state index contributed by atoms with van der Waals surface area (Å²) >= 11 is 1.06. The number of carbonyl (C=O) groups excluding carboxylic acids is 1. The van der Waals surface area contributed by atoms with Gasteiger partial charge >= 0.3 is 12.1 Å². The Labute approximate surface area is 190 Å². The fourth-order valence-electron chi connectivity index (χ4n) is 2.94. The summed E-state index contributed by atoms with van der Waals surface area (Å²) in [5.74, 6) is -2.05. The van der Waals surface area contributed by atoms with Gasteiger partial charge in [-0.3, -0.25) is 4.79 Å². The predicted molar refractivity (Wildman–Crippen MR) is 113 cm³/mol. The summed E-state index contributed by atoms with van der Waals surface area (Å²) in [6, 6.07) is 7.37. The number of benzene rings is 1. The second-order valence-electron chi connectivity index (χ2n) is 6.60. The van der Waals surface area contributed by atoms with E-state index < -0.39 is 23.4 Å². The highest BCUT2D eigenvalue weighted by Gasteiger charge is 2.43. The molecule has 9 nitrogen and oxygen atoms in total. The first kappa shape index (κ1) is 24.0. The van der Waals surface area contributed by atoms with E-state index in [0.29, 0.717) is 16.1 Å². The van der Waals surface area contributed by atoms with Gasteiger partial charge in [0.2, 0.25) is 11.8 Å².